The van der Waals surface area contributed by atoms with Gasteiger partial charge in [0.05, 0.1) is 28.8 Å². The Balaban J connectivity index is 1.46. The number of aryl methyl sites for hydroxylation is 2. The Morgan fingerprint density at radius 2 is 2.06 bits per heavy atom. The van der Waals surface area contributed by atoms with Gasteiger partial charge < -0.3 is 14.3 Å². The van der Waals surface area contributed by atoms with Crippen LogP contribution in [0.5, 0.6) is 0 Å². The quantitative estimate of drug-likeness (QED) is 0.485. The highest BCUT2D eigenvalue weighted by atomic mass is 16.4. The van der Waals surface area contributed by atoms with E-state index >= 15 is 0 Å². The summed E-state index contributed by atoms with van der Waals surface area (Å²) in [6, 6.07) is 10.2. The van der Waals surface area contributed by atoms with Crippen molar-refractivity contribution in [2.75, 3.05) is 11.4 Å². The molecule has 6 heterocycles. The van der Waals surface area contributed by atoms with E-state index in [0.717, 1.165) is 45.8 Å². The third-order valence-corrected chi connectivity index (χ3v) is 5.83. The van der Waals surface area contributed by atoms with Gasteiger partial charge in [-0.05, 0) is 43.7 Å². The molecule has 9 nitrogen and oxygen atoms in total. The third kappa shape index (κ3) is 2.81. The SMILES string of the molecule is Cc1ncccc1-c1nnc(N2CCc3[nH]cnc3[C@@H]2c2cc3c(C)cccn3n2)o1. The molecule has 0 spiro atoms. The number of rotatable bonds is 3. The van der Waals surface area contributed by atoms with Crippen LogP contribution in [0.25, 0.3) is 17.0 Å². The van der Waals surface area contributed by atoms with Crippen molar-refractivity contribution < 1.29 is 4.42 Å². The van der Waals surface area contributed by atoms with Crippen molar-refractivity contribution in [3.63, 3.8) is 0 Å². The molecule has 31 heavy (non-hydrogen) atoms. The van der Waals surface area contributed by atoms with E-state index in [4.69, 9.17) is 9.52 Å². The summed E-state index contributed by atoms with van der Waals surface area (Å²) >= 11 is 0. The molecule has 5 aromatic rings. The summed E-state index contributed by atoms with van der Waals surface area (Å²) in [5.74, 6) is 0.457. The van der Waals surface area contributed by atoms with Crippen LogP contribution in [0.4, 0.5) is 6.01 Å². The van der Waals surface area contributed by atoms with Crippen LogP contribution in [-0.4, -0.2) is 41.3 Å². The lowest BCUT2D eigenvalue weighted by atomic mass is 10.00. The molecule has 1 aliphatic heterocycles. The number of imidazole rings is 1. The Kier molecular flexibility index (Phi) is 3.89. The zero-order valence-electron chi connectivity index (χ0n) is 17.1. The second-order valence-corrected chi connectivity index (χ2v) is 7.73. The highest BCUT2D eigenvalue weighted by molar-refractivity contribution is 5.58. The van der Waals surface area contributed by atoms with Crippen molar-refractivity contribution in [2.24, 2.45) is 0 Å². The summed E-state index contributed by atoms with van der Waals surface area (Å²) in [6.45, 7) is 4.72. The molecule has 6 rings (SSSR count). The van der Waals surface area contributed by atoms with E-state index < -0.39 is 0 Å². The van der Waals surface area contributed by atoms with Gasteiger partial charge in [-0.25, -0.2) is 9.50 Å². The summed E-state index contributed by atoms with van der Waals surface area (Å²) in [4.78, 5) is 14.3. The fraction of sp³-hybridized carbons (Fsp3) is 0.227. The van der Waals surface area contributed by atoms with E-state index in [1.807, 2.05) is 35.8 Å². The normalized spacial score (nSPS) is 16.1. The molecule has 1 atom stereocenters. The highest BCUT2D eigenvalue weighted by Crippen LogP contribution is 2.37. The topological polar surface area (TPSA) is 101 Å². The fourth-order valence-electron chi connectivity index (χ4n) is 4.24. The Bertz CT molecular complexity index is 1400. The largest absolute Gasteiger partial charge is 0.403 e. The fourth-order valence-corrected chi connectivity index (χ4v) is 4.24. The first kappa shape index (κ1) is 17.8. The second kappa shape index (κ2) is 6.76. The second-order valence-electron chi connectivity index (χ2n) is 7.73. The summed E-state index contributed by atoms with van der Waals surface area (Å²) in [6.07, 6.45) is 6.25. The molecule has 0 aliphatic carbocycles. The third-order valence-electron chi connectivity index (χ3n) is 5.83. The number of nitrogens with zero attached hydrogens (tertiary/aromatic N) is 7. The molecule has 0 aromatic carbocycles. The van der Waals surface area contributed by atoms with Crippen LogP contribution >= 0.6 is 0 Å². The van der Waals surface area contributed by atoms with Gasteiger partial charge in [0.2, 0.25) is 0 Å². The van der Waals surface area contributed by atoms with Gasteiger partial charge in [-0.2, -0.15) is 5.10 Å². The van der Waals surface area contributed by atoms with Gasteiger partial charge in [0.25, 0.3) is 5.89 Å². The zero-order valence-corrected chi connectivity index (χ0v) is 17.1. The van der Waals surface area contributed by atoms with Crippen molar-refractivity contribution >= 4 is 11.5 Å². The van der Waals surface area contributed by atoms with Crippen molar-refractivity contribution in [1.82, 2.24) is 34.8 Å². The lowest BCUT2D eigenvalue weighted by Gasteiger charge is -2.32. The van der Waals surface area contributed by atoms with Crippen molar-refractivity contribution in [2.45, 2.75) is 26.3 Å². The maximum Gasteiger partial charge on any atom is 0.319 e. The number of pyridine rings is 2. The van der Waals surface area contributed by atoms with Crippen molar-refractivity contribution in [3.05, 3.63) is 77.4 Å². The average Bonchev–Trinajstić information content (AvgIpc) is 3.52. The molecule has 0 saturated carbocycles. The maximum atomic E-state index is 6.12. The van der Waals surface area contributed by atoms with Crippen LogP contribution in [0.1, 0.15) is 34.4 Å². The molecule has 0 amide bonds. The molecule has 1 N–H and O–H groups in total. The predicted molar refractivity (Wildman–Crippen MR) is 114 cm³/mol. The van der Waals surface area contributed by atoms with Gasteiger partial charge in [0.1, 0.15) is 6.04 Å². The van der Waals surface area contributed by atoms with Crippen LogP contribution in [0.2, 0.25) is 0 Å². The highest BCUT2D eigenvalue weighted by Gasteiger charge is 2.36. The van der Waals surface area contributed by atoms with Gasteiger partial charge in [-0.3, -0.25) is 4.98 Å². The Hall–Kier alpha value is -4.01. The molecule has 0 unspecified atom stereocenters. The number of nitrogens with one attached hydrogen (secondary N) is 1. The molecular formula is C22H20N8O. The molecule has 0 fully saturated rings. The van der Waals surface area contributed by atoms with Crippen LogP contribution in [0.3, 0.4) is 0 Å². The monoisotopic (exact) mass is 412 g/mol. The van der Waals surface area contributed by atoms with Crippen LogP contribution in [-0.2, 0) is 6.42 Å². The van der Waals surface area contributed by atoms with E-state index in [1.165, 1.54) is 0 Å². The number of H-pyrrole nitrogens is 1. The Morgan fingerprint density at radius 1 is 1.13 bits per heavy atom. The van der Waals surface area contributed by atoms with Crippen molar-refractivity contribution in [1.29, 1.82) is 0 Å². The van der Waals surface area contributed by atoms with Gasteiger partial charge in [-0.15, -0.1) is 5.10 Å². The number of aromatic nitrogens is 7. The first-order chi connectivity index (χ1) is 15.2. The standard InChI is InChI=1S/C22H20N8O/c1-13-5-4-9-30-18(13)11-17(28-30)20-19-16(24-12-25-19)7-10-29(20)22-27-26-21(31-22)15-6-3-8-23-14(15)2/h3-6,8-9,11-12,20H,7,10H2,1-2H3,(H,24,25)/t20-/m0/s1. The zero-order chi connectivity index (χ0) is 20.9. The first-order valence-electron chi connectivity index (χ1n) is 10.2. The number of hydrogen-bond acceptors (Lipinski definition) is 7. The van der Waals surface area contributed by atoms with E-state index in [9.17, 15) is 0 Å². The molecule has 9 heteroatoms. The summed E-state index contributed by atoms with van der Waals surface area (Å²) in [7, 11) is 0. The molecule has 0 bridgehead atoms. The number of fused-ring (bicyclic) bond motifs is 2. The van der Waals surface area contributed by atoms with Gasteiger partial charge in [0.15, 0.2) is 0 Å². The molecule has 0 saturated heterocycles. The summed E-state index contributed by atoms with van der Waals surface area (Å²) in [5, 5.41) is 13.5. The minimum atomic E-state index is -0.224. The maximum absolute atomic E-state index is 6.12. The van der Waals surface area contributed by atoms with E-state index in [1.54, 1.807) is 12.5 Å². The van der Waals surface area contributed by atoms with Crippen molar-refractivity contribution in [3.8, 4) is 11.5 Å². The smallest absolute Gasteiger partial charge is 0.319 e. The molecule has 5 aromatic heterocycles. The minimum Gasteiger partial charge on any atom is -0.403 e. The van der Waals surface area contributed by atoms with Crippen LogP contribution in [0, 0.1) is 13.8 Å². The van der Waals surface area contributed by atoms with E-state index in [2.05, 4.69) is 49.1 Å². The summed E-state index contributed by atoms with van der Waals surface area (Å²) in [5.41, 5.74) is 6.84. The number of aromatic amines is 1. The van der Waals surface area contributed by atoms with E-state index in [-0.39, 0.29) is 6.04 Å². The van der Waals surface area contributed by atoms with Gasteiger partial charge in [0, 0.05) is 36.7 Å². The average molecular weight is 412 g/mol. The number of anilines is 1. The van der Waals surface area contributed by atoms with Crippen LogP contribution < -0.4 is 4.90 Å². The van der Waals surface area contributed by atoms with Gasteiger partial charge in [-0.1, -0.05) is 11.2 Å². The predicted octanol–water partition coefficient (Wildman–Crippen LogP) is 3.27. The first-order valence-corrected chi connectivity index (χ1v) is 10.2. The summed E-state index contributed by atoms with van der Waals surface area (Å²) < 4.78 is 8.03. The Labute approximate surface area is 177 Å². The minimum absolute atomic E-state index is 0.224. The molecular weight excluding hydrogens is 392 g/mol. The lowest BCUT2D eigenvalue weighted by molar-refractivity contribution is 0.503. The van der Waals surface area contributed by atoms with Crippen LogP contribution in [0.15, 0.2) is 53.5 Å². The lowest BCUT2D eigenvalue weighted by Crippen LogP contribution is -2.36. The number of hydrogen-bond donors (Lipinski definition) is 1. The molecule has 1 aliphatic rings. The molecule has 0 radical (unpaired) electrons. The van der Waals surface area contributed by atoms with Gasteiger partial charge >= 0.3 is 6.01 Å². The molecule has 154 valence electrons. The van der Waals surface area contributed by atoms with E-state index in [0.29, 0.717) is 18.5 Å². The Morgan fingerprint density at radius 3 is 2.94 bits per heavy atom.